The van der Waals surface area contributed by atoms with E-state index in [9.17, 15) is 9.18 Å². The molecular formula is C24H27FO4. The first kappa shape index (κ1) is 20.9. The van der Waals surface area contributed by atoms with Crippen LogP contribution < -0.4 is 4.74 Å². The van der Waals surface area contributed by atoms with Crippen LogP contribution in [-0.4, -0.2) is 11.1 Å². The van der Waals surface area contributed by atoms with Crippen molar-refractivity contribution in [1.82, 2.24) is 0 Å². The number of hydrogen-bond acceptors (Lipinski definition) is 3. The molecule has 0 aliphatic carbocycles. The molecule has 0 amide bonds. The van der Waals surface area contributed by atoms with Crippen molar-refractivity contribution in [2.24, 2.45) is 5.92 Å². The highest BCUT2D eigenvalue weighted by Gasteiger charge is 2.14. The molecule has 4 nitrogen and oxygen atoms in total. The van der Waals surface area contributed by atoms with Crippen molar-refractivity contribution in [3.8, 4) is 5.75 Å². The van der Waals surface area contributed by atoms with Crippen molar-refractivity contribution in [1.29, 1.82) is 0 Å². The van der Waals surface area contributed by atoms with Crippen LogP contribution in [0, 0.1) is 25.6 Å². The number of ether oxygens (including phenoxy) is 1. The molecule has 0 bridgehead atoms. The van der Waals surface area contributed by atoms with E-state index in [0.29, 0.717) is 29.2 Å². The Bertz CT molecular complexity index is 1030. The fourth-order valence-electron chi connectivity index (χ4n) is 3.53. The van der Waals surface area contributed by atoms with Gasteiger partial charge < -0.3 is 14.3 Å². The van der Waals surface area contributed by atoms with Crippen LogP contribution in [0.25, 0.3) is 11.0 Å². The van der Waals surface area contributed by atoms with Gasteiger partial charge in [0.1, 0.15) is 29.5 Å². The molecular weight excluding hydrogens is 371 g/mol. The summed E-state index contributed by atoms with van der Waals surface area (Å²) < 4.78 is 26.1. The van der Waals surface area contributed by atoms with Crippen molar-refractivity contribution in [2.75, 3.05) is 0 Å². The summed E-state index contributed by atoms with van der Waals surface area (Å²) in [6.07, 6.45) is 1.38. The molecule has 0 spiro atoms. The Balaban J connectivity index is 1.82. The summed E-state index contributed by atoms with van der Waals surface area (Å²) in [7, 11) is 0. The molecule has 0 fully saturated rings. The lowest BCUT2D eigenvalue weighted by atomic mass is 9.99. The first-order chi connectivity index (χ1) is 13.7. The SMILES string of the molecule is Cc1c(CCC(=O)O)ccc(OCc2cc(F)cc3cc(CC(C)C)oc23)c1C. The highest BCUT2D eigenvalue weighted by atomic mass is 19.1. The summed E-state index contributed by atoms with van der Waals surface area (Å²) in [4.78, 5) is 10.8. The highest BCUT2D eigenvalue weighted by Crippen LogP contribution is 2.29. The van der Waals surface area contributed by atoms with Gasteiger partial charge >= 0.3 is 5.97 Å². The average molecular weight is 398 g/mol. The third-order valence-electron chi connectivity index (χ3n) is 5.16. The Kier molecular flexibility index (Phi) is 6.26. The Labute approximate surface area is 170 Å². The average Bonchev–Trinajstić information content (AvgIpc) is 3.03. The molecule has 2 aromatic carbocycles. The largest absolute Gasteiger partial charge is 0.488 e. The van der Waals surface area contributed by atoms with Gasteiger partial charge in [-0.2, -0.15) is 0 Å². The maximum absolute atomic E-state index is 14.1. The Morgan fingerprint density at radius 1 is 1.14 bits per heavy atom. The number of benzene rings is 2. The van der Waals surface area contributed by atoms with Gasteiger partial charge in [0.25, 0.3) is 0 Å². The number of halogens is 1. The van der Waals surface area contributed by atoms with E-state index in [4.69, 9.17) is 14.3 Å². The third-order valence-corrected chi connectivity index (χ3v) is 5.16. The molecule has 0 unspecified atom stereocenters. The van der Waals surface area contributed by atoms with Crippen LogP contribution in [0.4, 0.5) is 4.39 Å². The topological polar surface area (TPSA) is 59.7 Å². The molecule has 0 saturated carbocycles. The summed E-state index contributed by atoms with van der Waals surface area (Å²) in [5, 5.41) is 9.64. The molecule has 1 heterocycles. The Morgan fingerprint density at radius 3 is 2.59 bits per heavy atom. The Morgan fingerprint density at radius 2 is 1.90 bits per heavy atom. The zero-order chi connectivity index (χ0) is 21.1. The number of carbonyl (C=O) groups is 1. The van der Waals surface area contributed by atoms with Crippen LogP contribution in [0.2, 0.25) is 0 Å². The summed E-state index contributed by atoms with van der Waals surface area (Å²) in [6.45, 7) is 8.33. The second-order valence-electron chi connectivity index (χ2n) is 7.95. The van der Waals surface area contributed by atoms with Crippen LogP contribution in [0.3, 0.4) is 0 Å². The number of hydrogen-bond donors (Lipinski definition) is 1. The number of aryl methyl sites for hydroxylation is 1. The molecule has 1 N–H and O–H groups in total. The van der Waals surface area contributed by atoms with Crippen LogP contribution in [-0.2, 0) is 24.2 Å². The van der Waals surface area contributed by atoms with Gasteiger partial charge in [-0.25, -0.2) is 4.39 Å². The minimum absolute atomic E-state index is 0.0962. The van der Waals surface area contributed by atoms with E-state index < -0.39 is 5.97 Å². The summed E-state index contributed by atoms with van der Waals surface area (Å²) in [6, 6.07) is 8.58. The van der Waals surface area contributed by atoms with Gasteiger partial charge in [0.05, 0.1) is 0 Å². The molecule has 0 aliphatic heterocycles. The van der Waals surface area contributed by atoms with E-state index in [1.807, 2.05) is 32.0 Å². The van der Waals surface area contributed by atoms with Gasteiger partial charge in [-0.15, -0.1) is 0 Å². The minimum Gasteiger partial charge on any atom is -0.488 e. The number of fused-ring (bicyclic) bond motifs is 1. The van der Waals surface area contributed by atoms with Gasteiger partial charge in [-0.3, -0.25) is 4.79 Å². The van der Waals surface area contributed by atoms with Crippen molar-refractivity contribution >= 4 is 16.9 Å². The monoisotopic (exact) mass is 398 g/mol. The van der Waals surface area contributed by atoms with Crippen molar-refractivity contribution in [2.45, 2.75) is 53.6 Å². The van der Waals surface area contributed by atoms with Crippen LogP contribution in [0.1, 0.15) is 48.3 Å². The van der Waals surface area contributed by atoms with E-state index in [1.165, 1.54) is 12.1 Å². The molecule has 0 aliphatic rings. The highest BCUT2D eigenvalue weighted by molar-refractivity contribution is 5.81. The molecule has 0 saturated heterocycles. The lowest BCUT2D eigenvalue weighted by Gasteiger charge is -2.14. The predicted octanol–water partition coefficient (Wildman–Crippen LogP) is 5.98. The first-order valence-corrected chi connectivity index (χ1v) is 9.89. The van der Waals surface area contributed by atoms with Crippen LogP contribution >= 0.6 is 0 Å². The Hall–Kier alpha value is -2.82. The number of carboxylic acids is 1. The van der Waals surface area contributed by atoms with E-state index in [2.05, 4.69) is 13.8 Å². The molecule has 154 valence electrons. The fraction of sp³-hybridized carbons (Fsp3) is 0.375. The van der Waals surface area contributed by atoms with E-state index >= 15 is 0 Å². The smallest absolute Gasteiger partial charge is 0.303 e. The van der Waals surface area contributed by atoms with Gasteiger partial charge in [0, 0.05) is 23.8 Å². The molecule has 3 aromatic rings. The maximum atomic E-state index is 14.1. The van der Waals surface area contributed by atoms with Crippen LogP contribution in [0.5, 0.6) is 5.75 Å². The summed E-state index contributed by atoms with van der Waals surface area (Å²) in [5.74, 6) is 0.868. The summed E-state index contributed by atoms with van der Waals surface area (Å²) in [5.41, 5.74) is 4.30. The van der Waals surface area contributed by atoms with Gasteiger partial charge in [0.15, 0.2) is 0 Å². The fourth-order valence-corrected chi connectivity index (χ4v) is 3.53. The van der Waals surface area contributed by atoms with Crippen LogP contribution in [0.15, 0.2) is 34.7 Å². The number of furan rings is 1. The first-order valence-electron chi connectivity index (χ1n) is 9.89. The number of aliphatic carboxylic acids is 1. The van der Waals surface area contributed by atoms with E-state index in [0.717, 1.165) is 34.3 Å². The second kappa shape index (κ2) is 8.68. The molecule has 1 aromatic heterocycles. The normalized spacial score (nSPS) is 11.4. The van der Waals surface area contributed by atoms with Crippen molar-refractivity contribution < 1.29 is 23.4 Å². The molecule has 0 radical (unpaired) electrons. The quantitative estimate of drug-likeness (QED) is 0.507. The lowest BCUT2D eigenvalue weighted by molar-refractivity contribution is -0.136. The second-order valence-corrected chi connectivity index (χ2v) is 7.95. The lowest BCUT2D eigenvalue weighted by Crippen LogP contribution is -2.03. The molecule has 3 rings (SSSR count). The third kappa shape index (κ3) is 4.97. The zero-order valence-electron chi connectivity index (χ0n) is 17.3. The van der Waals surface area contributed by atoms with Crippen molar-refractivity contribution in [3.63, 3.8) is 0 Å². The summed E-state index contributed by atoms with van der Waals surface area (Å²) >= 11 is 0. The van der Waals surface area contributed by atoms with Gasteiger partial charge in [-0.1, -0.05) is 19.9 Å². The van der Waals surface area contributed by atoms with E-state index in [1.54, 1.807) is 0 Å². The van der Waals surface area contributed by atoms with Crippen molar-refractivity contribution in [3.05, 3.63) is 64.2 Å². The van der Waals surface area contributed by atoms with Gasteiger partial charge in [0.2, 0.25) is 0 Å². The maximum Gasteiger partial charge on any atom is 0.303 e. The number of carboxylic acid groups (broad SMARTS) is 1. The van der Waals surface area contributed by atoms with E-state index in [-0.39, 0.29) is 18.8 Å². The van der Waals surface area contributed by atoms with Gasteiger partial charge in [-0.05, 0) is 67.1 Å². The molecule has 0 atom stereocenters. The minimum atomic E-state index is -0.812. The zero-order valence-corrected chi connectivity index (χ0v) is 17.3. The molecule has 5 heteroatoms. The molecule has 29 heavy (non-hydrogen) atoms. The standard InChI is InChI=1S/C24H27FO4/c1-14(2)9-21-12-18-10-20(25)11-19(24(18)29-21)13-28-22-7-5-17(6-8-23(26)27)15(3)16(22)4/h5,7,10-12,14H,6,8-9,13H2,1-4H3,(H,26,27). The predicted molar refractivity (Wildman–Crippen MR) is 111 cm³/mol. The number of rotatable bonds is 8.